The lowest BCUT2D eigenvalue weighted by Gasteiger charge is -2.14. The maximum atomic E-state index is 2.36. The van der Waals surface area contributed by atoms with E-state index in [1.54, 1.807) is 0 Å². The summed E-state index contributed by atoms with van der Waals surface area (Å²) in [6, 6.07) is 55.2. The van der Waals surface area contributed by atoms with Gasteiger partial charge in [-0.25, -0.2) is 0 Å². The highest BCUT2D eigenvalue weighted by atomic mass is 15.0. The molecule has 0 saturated heterocycles. The number of rotatable bonds is 4. The van der Waals surface area contributed by atoms with Gasteiger partial charge in [0.15, 0.2) is 0 Å². The van der Waals surface area contributed by atoms with Gasteiger partial charge < -0.3 is 4.57 Å². The topological polar surface area (TPSA) is 4.93 Å². The molecule has 1 heteroatoms. The van der Waals surface area contributed by atoms with Crippen molar-refractivity contribution in [2.24, 2.45) is 0 Å². The summed E-state index contributed by atoms with van der Waals surface area (Å²) < 4.78 is 2.36. The lowest BCUT2D eigenvalue weighted by atomic mass is 9.90. The van der Waals surface area contributed by atoms with E-state index in [2.05, 4.69) is 168 Å². The molecule has 8 aromatic carbocycles. The van der Waals surface area contributed by atoms with E-state index >= 15 is 0 Å². The number of nitrogens with zero attached hydrogens (tertiary/aromatic N) is 1. The minimum absolute atomic E-state index is 1.18. The first kappa shape index (κ1) is 24.0. The summed E-state index contributed by atoms with van der Waals surface area (Å²) in [4.78, 5) is 0. The molecule has 0 saturated carbocycles. The van der Waals surface area contributed by atoms with Crippen LogP contribution in [0, 0.1) is 0 Å². The highest BCUT2D eigenvalue weighted by Crippen LogP contribution is 2.39. The summed E-state index contributed by atoms with van der Waals surface area (Å²) in [6.07, 6.45) is 4.44. The second-order valence-corrected chi connectivity index (χ2v) is 11.4. The van der Waals surface area contributed by atoms with Gasteiger partial charge in [-0.05, 0) is 84.9 Å². The SMILES string of the molecule is C(=Cc1ccc2c(c1)c1ccccc1n2-c1ccccc1)c1ccc(-c2ccc3ccc4cccc5ccc2c3c45)cc1. The van der Waals surface area contributed by atoms with Gasteiger partial charge in [0, 0.05) is 16.5 Å². The monoisotopic (exact) mass is 545 g/mol. The summed E-state index contributed by atoms with van der Waals surface area (Å²) in [5, 5.41) is 10.5. The van der Waals surface area contributed by atoms with Crippen LogP contribution in [0.3, 0.4) is 0 Å². The molecular formula is C42H27N. The Morgan fingerprint density at radius 3 is 1.88 bits per heavy atom. The summed E-state index contributed by atoms with van der Waals surface area (Å²) in [5.74, 6) is 0. The van der Waals surface area contributed by atoms with Gasteiger partial charge >= 0.3 is 0 Å². The van der Waals surface area contributed by atoms with Gasteiger partial charge in [-0.3, -0.25) is 0 Å². The molecule has 1 nitrogen and oxygen atoms in total. The van der Waals surface area contributed by atoms with Gasteiger partial charge in [0.1, 0.15) is 0 Å². The number of benzene rings is 8. The van der Waals surface area contributed by atoms with E-state index < -0.39 is 0 Å². The fraction of sp³-hybridized carbons (Fsp3) is 0. The Balaban J connectivity index is 1.08. The van der Waals surface area contributed by atoms with Crippen LogP contribution in [0.1, 0.15) is 11.1 Å². The van der Waals surface area contributed by atoms with Crippen molar-refractivity contribution < 1.29 is 0 Å². The largest absolute Gasteiger partial charge is 0.309 e. The van der Waals surface area contributed by atoms with E-state index in [1.807, 2.05) is 0 Å². The van der Waals surface area contributed by atoms with Crippen molar-refractivity contribution in [3.63, 3.8) is 0 Å². The molecule has 9 rings (SSSR count). The molecule has 43 heavy (non-hydrogen) atoms. The van der Waals surface area contributed by atoms with Crippen molar-refractivity contribution in [3.05, 3.63) is 163 Å². The van der Waals surface area contributed by atoms with Crippen LogP contribution in [0.15, 0.2) is 152 Å². The Bertz CT molecular complexity index is 2460. The third-order valence-electron chi connectivity index (χ3n) is 8.93. The van der Waals surface area contributed by atoms with Crippen molar-refractivity contribution >= 4 is 66.3 Å². The fourth-order valence-corrected chi connectivity index (χ4v) is 6.90. The molecule has 0 fully saturated rings. The standard InChI is InChI=1S/C42H27N/c1-2-9-34(10-3-1)43-39-12-5-4-11-36(39)38-27-29(17-26-40(38)43)14-13-28-15-18-30(19-16-28)35-24-22-33-21-20-31-7-6-8-32-23-25-37(35)42(33)41(31)32/h1-27H. The third kappa shape index (κ3) is 3.79. The van der Waals surface area contributed by atoms with E-state index in [0.29, 0.717) is 0 Å². The minimum Gasteiger partial charge on any atom is -0.309 e. The average molecular weight is 546 g/mol. The molecule has 0 atom stereocenters. The number of hydrogen-bond donors (Lipinski definition) is 0. The average Bonchev–Trinajstić information content (AvgIpc) is 3.40. The molecule has 0 bridgehead atoms. The van der Waals surface area contributed by atoms with Crippen molar-refractivity contribution in [1.29, 1.82) is 0 Å². The van der Waals surface area contributed by atoms with Crippen molar-refractivity contribution in [2.45, 2.75) is 0 Å². The first-order valence-electron chi connectivity index (χ1n) is 14.9. The molecule has 9 aromatic rings. The molecule has 0 amide bonds. The Kier molecular flexibility index (Phi) is 5.27. The lowest BCUT2D eigenvalue weighted by Crippen LogP contribution is -1.92. The molecule has 0 spiro atoms. The van der Waals surface area contributed by atoms with Gasteiger partial charge in [0.25, 0.3) is 0 Å². The van der Waals surface area contributed by atoms with Crippen molar-refractivity contribution in [2.75, 3.05) is 0 Å². The molecule has 200 valence electrons. The van der Waals surface area contributed by atoms with E-state index in [1.165, 1.54) is 82.1 Å². The summed E-state index contributed by atoms with van der Waals surface area (Å²) in [6.45, 7) is 0. The van der Waals surface area contributed by atoms with Crippen LogP contribution in [0.5, 0.6) is 0 Å². The van der Waals surface area contributed by atoms with E-state index in [-0.39, 0.29) is 0 Å². The van der Waals surface area contributed by atoms with Gasteiger partial charge in [0.2, 0.25) is 0 Å². The zero-order valence-corrected chi connectivity index (χ0v) is 23.5. The van der Waals surface area contributed by atoms with Gasteiger partial charge in [0.05, 0.1) is 11.0 Å². The molecule has 0 aliphatic rings. The second kappa shape index (κ2) is 9.44. The van der Waals surface area contributed by atoms with Crippen molar-refractivity contribution in [1.82, 2.24) is 4.57 Å². The van der Waals surface area contributed by atoms with Crippen molar-refractivity contribution in [3.8, 4) is 16.8 Å². The maximum Gasteiger partial charge on any atom is 0.0541 e. The Morgan fingerprint density at radius 2 is 1.05 bits per heavy atom. The molecule has 0 aliphatic carbocycles. The fourth-order valence-electron chi connectivity index (χ4n) is 6.90. The quantitative estimate of drug-likeness (QED) is 0.153. The normalized spacial score (nSPS) is 12.1. The van der Waals surface area contributed by atoms with E-state index in [4.69, 9.17) is 0 Å². The van der Waals surface area contributed by atoms with Crippen LogP contribution in [-0.4, -0.2) is 4.57 Å². The Labute approximate surface area is 249 Å². The number of hydrogen-bond acceptors (Lipinski definition) is 0. The molecule has 0 radical (unpaired) electrons. The van der Waals surface area contributed by atoms with Crippen LogP contribution >= 0.6 is 0 Å². The predicted octanol–water partition coefficient (Wildman–Crippen LogP) is 11.5. The highest BCUT2D eigenvalue weighted by Gasteiger charge is 2.13. The van der Waals surface area contributed by atoms with Crippen LogP contribution in [0.25, 0.3) is 83.1 Å². The summed E-state index contributed by atoms with van der Waals surface area (Å²) >= 11 is 0. The zero-order chi connectivity index (χ0) is 28.3. The molecule has 1 heterocycles. The molecule has 0 unspecified atom stereocenters. The van der Waals surface area contributed by atoms with E-state index in [0.717, 1.165) is 0 Å². The van der Waals surface area contributed by atoms with Crippen LogP contribution < -0.4 is 0 Å². The van der Waals surface area contributed by atoms with E-state index in [9.17, 15) is 0 Å². The molecule has 0 N–H and O–H groups in total. The maximum absolute atomic E-state index is 2.36. The molecule has 0 aliphatic heterocycles. The van der Waals surface area contributed by atoms with Crippen LogP contribution in [0.2, 0.25) is 0 Å². The van der Waals surface area contributed by atoms with Crippen LogP contribution in [-0.2, 0) is 0 Å². The number of fused-ring (bicyclic) bond motifs is 3. The van der Waals surface area contributed by atoms with Gasteiger partial charge in [-0.1, -0.05) is 133 Å². The van der Waals surface area contributed by atoms with Crippen LogP contribution in [0.4, 0.5) is 0 Å². The molecular weight excluding hydrogens is 518 g/mol. The molecule has 1 aromatic heterocycles. The number of aromatic nitrogens is 1. The first-order chi connectivity index (χ1) is 21.3. The number of para-hydroxylation sites is 2. The Hall–Kier alpha value is -5.66. The third-order valence-corrected chi connectivity index (χ3v) is 8.93. The van der Waals surface area contributed by atoms with Gasteiger partial charge in [-0.15, -0.1) is 0 Å². The smallest absolute Gasteiger partial charge is 0.0541 e. The summed E-state index contributed by atoms with van der Waals surface area (Å²) in [7, 11) is 0. The summed E-state index contributed by atoms with van der Waals surface area (Å²) in [5.41, 5.74) is 8.54. The lowest BCUT2D eigenvalue weighted by molar-refractivity contribution is 1.18. The second-order valence-electron chi connectivity index (χ2n) is 11.4. The zero-order valence-electron chi connectivity index (χ0n) is 23.5. The predicted molar refractivity (Wildman–Crippen MR) is 185 cm³/mol. The highest BCUT2D eigenvalue weighted by molar-refractivity contribution is 6.25. The first-order valence-corrected chi connectivity index (χ1v) is 14.9. The minimum atomic E-state index is 1.18. The van der Waals surface area contributed by atoms with Gasteiger partial charge in [-0.2, -0.15) is 0 Å². The Morgan fingerprint density at radius 1 is 0.395 bits per heavy atom.